The zero-order valence-corrected chi connectivity index (χ0v) is 21.1. The van der Waals surface area contributed by atoms with E-state index in [1.807, 2.05) is 30.3 Å². The molecule has 0 fully saturated rings. The first-order valence-corrected chi connectivity index (χ1v) is 13.4. The summed E-state index contributed by atoms with van der Waals surface area (Å²) in [4.78, 5) is 27.9. The number of hydrogen-bond acceptors (Lipinski definition) is 5. The van der Waals surface area contributed by atoms with Crippen LogP contribution < -0.4 is 19.3 Å². The van der Waals surface area contributed by atoms with Crippen LogP contribution in [0.25, 0.3) is 0 Å². The number of anilines is 2. The van der Waals surface area contributed by atoms with Crippen LogP contribution in [-0.2, 0) is 21.2 Å². The summed E-state index contributed by atoms with van der Waals surface area (Å²) in [6.45, 7) is 2.08. The highest BCUT2D eigenvalue weighted by atomic mass is 32.2. The van der Waals surface area contributed by atoms with E-state index in [0.717, 1.165) is 5.56 Å². The Morgan fingerprint density at radius 3 is 2.36 bits per heavy atom. The number of fused-ring (bicyclic) bond motifs is 1. The van der Waals surface area contributed by atoms with Crippen molar-refractivity contribution in [3.8, 4) is 5.75 Å². The molecule has 0 bridgehead atoms. The highest BCUT2D eigenvalue weighted by molar-refractivity contribution is 7.92. The van der Waals surface area contributed by atoms with Crippen LogP contribution in [0.1, 0.15) is 22.8 Å². The third kappa shape index (κ3) is 5.52. The Morgan fingerprint density at radius 2 is 1.67 bits per heavy atom. The Morgan fingerprint density at radius 1 is 1.00 bits per heavy atom. The number of nitrogens with one attached hydrogen (secondary N) is 1. The zero-order chi connectivity index (χ0) is 25.7. The molecule has 8 nitrogen and oxygen atoms in total. The van der Waals surface area contributed by atoms with Gasteiger partial charge in [-0.2, -0.15) is 0 Å². The standard InChI is InChI=1S/C27H29N3O5S/c1-3-36(33,34)29(2)22-15-13-21(14-16-22)27(32)30-19-25(35-24-12-8-7-11-23(24)30)26(31)28-18-17-20-9-5-4-6-10-20/h4-16,25H,3,17-19H2,1-2H3,(H,28,31). The number of carbonyl (C=O) groups is 2. The third-order valence-electron chi connectivity index (χ3n) is 6.13. The van der Waals surface area contributed by atoms with E-state index in [1.165, 1.54) is 16.3 Å². The summed E-state index contributed by atoms with van der Waals surface area (Å²) < 4.78 is 31.4. The van der Waals surface area contributed by atoms with Gasteiger partial charge in [-0.1, -0.05) is 42.5 Å². The molecule has 4 rings (SSSR count). The van der Waals surface area contributed by atoms with Crippen LogP contribution in [0, 0.1) is 0 Å². The second-order valence-electron chi connectivity index (χ2n) is 8.43. The highest BCUT2D eigenvalue weighted by Crippen LogP contribution is 2.34. The Kier molecular flexibility index (Phi) is 7.59. The number of ether oxygens (including phenoxy) is 1. The largest absolute Gasteiger partial charge is 0.477 e. The molecule has 0 radical (unpaired) electrons. The van der Waals surface area contributed by atoms with E-state index in [0.29, 0.717) is 35.7 Å². The first-order chi connectivity index (χ1) is 17.3. The molecule has 1 atom stereocenters. The van der Waals surface area contributed by atoms with Crippen molar-refractivity contribution in [2.75, 3.05) is 35.1 Å². The lowest BCUT2D eigenvalue weighted by molar-refractivity contribution is -0.127. The van der Waals surface area contributed by atoms with Crippen LogP contribution in [-0.4, -0.2) is 52.2 Å². The summed E-state index contributed by atoms with van der Waals surface area (Å²) in [6.07, 6.45) is -0.174. The van der Waals surface area contributed by atoms with E-state index in [9.17, 15) is 18.0 Å². The van der Waals surface area contributed by atoms with Crippen molar-refractivity contribution in [2.24, 2.45) is 0 Å². The maximum absolute atomic E-state index is 13.5. The summed E-state index contributed by atoms with van der Waals surface area (Å²) in [5.41, 5.74) is 2.53. The minimum absolute atomic E-state index is 0.0243. The van der Waals surface area contributed by atoms with Crippen LogP contribution in [0.3, 0.4) is 0 Å². The molecule has 3 aromatic rings. The fourth-order valence-electron chi connectivity index (χ4n) is 3.98. The Balaban J connectivity index is 1.49. The van der Waals surface area contributed by atoms with E-state index >= 15 is 0 Å². The Labute approximate surface area is 211 Å². The zero-order valence-electron chi connectivity index (χ0n) is 20.3. The van der Waals surface area contributed by atoms with Crippen LogP contribution >= 0.6 is 0 Å². The molecule has 36 heavy (non-hydrogen) atoms. The van der Waals surface area contributed by atoms with Gasteiger partial charge in [-0.15, -0.1) is 0 Å². The average molecular weight is 508 g/mol. The molecule has 2 amide bonds. The topological polar surface area (TPSA) is 96.0 Å². The fourth-order valence-corrected chi connectivity index (χ4v) is 4.81. The summed E-state index contributed by atoms with van der Waals surface area (Å²) in [5.74, 6) is -0.171. The van der Waals surface area contributed by atoms with Gasteiger partial charge in [-0.3, -0.25) is 13.9 Å². The minimum Gasteiger partial charge on any atom is -0.477 e. The summed E-state index contributed by atoms with van der Waals surface area (Å²) in [6, 6.07) is 23.3. The van der Waals surface area contributed by atoms with Crippen molar-refractivity contribution in [3.05, 3.63) is 90.0 Å². The number of amides is 2. The molecule has 1 aliphatic rings. The van der Waals surface area contributed by atoms with Gasteiger partial charge >= 0.3 is 0 Å². The van der Waals surface area contributed by atoms with Crippen LogP contribution in [0.2, 0.25) is 0 Å². The predicted molar refractivity (Wildman–Crippen MR) is 140 cm³/mol. The van der Waals surface area contributed by atoms with Crippen molar-refractivity contribution in [2.45, 2.75) is 19.4 Å². The van der Waals surface area contributed by atoms with E-state index in [1.54, 1.807) is 55.5 Å². The first-order valence-electron chi connectivity index (χ1n) is 11.8. The number of hydrogen-bond donors (Lipinski definition) is 1. The van der Waals surface area contributed by atoms with Gasteiger partial charge in [0.2, 0.25) is 10.0 Å². The molecule has 1 aliphatic heterocycles. The van der Waals surface area contributed by atoms with Crippen LogP contribution in [0.5, 0.6) is 5.75 Å². The molecular formula is C27H29N3O5S. The Bertz CT molecular complexity index is 1330. The van der Waals surface area contributed by atoms with Crippen molar-refractivity contribution < 1.29 is 22.7 Å². The normalized spacial score (nSPS) is 14.9. The number of nitrogens with zero attached hydrogens (tertiary/aromatic N) is 2. The van der Waals surface area contributed by atoms with Crippen molar-refractivity contribution in [1.29, 1.82) is 0 Å². The SMILES string of the molecule is CCS(=O)(=O)N(C)c1ccc(C(=O)N2CC(C(=O)NCCc3ccccc3)Oc3ccccc32)cc1. The number of carbonyl (C=O) groups excluding carboxylic acids is 2. The second kappa shape index (κ2) is 10.8. The van der Waals surface area contributed by atoms with E-state index < -0.39 is 16.1 Å². The summed E-state index contributed by atoms with van der Waals surface area (Å²) in [5, 5.41) is 2.91. The molecule has 0 saturated heterocycles. The van der Waals surface area contributed by atoms with Gasteiger partial charge in [0.1, 0.15) is 5.75 Å². The molecule has 3 aromatic carbocycles. The van der Waals surface area contributed by atoms with Gasteiger partial charge in [0, 0.05) is 19.2 Å². The van der Waals surface area contributed by atoms with Gasteiger partial charge in [-0.05, 0) is 55.3 Å². The first kappa shape index (κ1) is 25.2. The highest BCUT2D eigenvalue weighted by Gasteiger charge is 2.34. The number of sulfonamides is 1. The minimum atomic E-state index is -3.41. The molecule has 0 aliphatic carbocycles. The van der Waals surface area contributed by atoms with Crippen molar-refractivity contribution in [3.63, 3.8) is 0 Å². The lowest BCUT2D eigenvalue weighted by Gasteiger charge is -2.34. The number of para-hydroxylation sites is 2. The smallest absolute Gasteiger partial charge is 0.262 e. The van der Waals surface area contributed by atoms with Gasteiger partial charge < -0.3 is 15.0 Å². The Hall–Kier alpha value is -3.85. The van der Waals surface area contributed by atoms with E-state index in [2.05, 4.69) is 5.32 Å². The van der Waals surface area contributed by atoms with Gasteiger partial charge in [0.15, 0.2) is 6.10 Å². The van der Waals surface area contributed by atoms with E-state index in [4.69, 9.17) is 4.74 Å². The lowest BCUT2D eigenvalue weighted by atomic mass is 10.1. The maximum atomic E-state index is 13.5. The van der Waals surface area contributed by atoms with Crippen LogP contribution in [0.4, 0.5) is 11.4 Å². The van der Waals surface area contributed by atoms with E-state index in [-0.39, 0.29) is 24.1 Å². The molecule has 9 heteroatoms. The summed E-state index contributed by atoms with van der Waals surface area (Å²) in [7, 11) is -1.93. The van der Waals surface area contributed by atoms with Crippen molar-refractivity contribution in [1.82, 2.24) is 5.32 Å². The average Bonchev–Trinajstić information content (AvgIpc) is 2.92. The fraction of sp³-hybridized carbons (Fsp3) is 0.259. The van der Waals surface area contributed by atoms with Gasteiger partial charge in [-0.25, -0.2) is 8.42 Å². The molecule has 188 valence electrons. The monoisotopic (exact) mass is 507 g/mol. The lowest BCUT2D eigenvalue weighted by Crippen LogP contribution is -2.51. The molecule has 0 spiro atoms. The molecule has 0 saturated carbocycles. The molecule has 1 N–H and O–H groups in total. The van der Waals surface area contributed by atoms with Gasteiger partial charge in [0.05, 0.1) is 23.7 Å². The van der Waals surface area contributed by atoms with Gasteiger partial charge in [0.25, 0.3) is 11.8 Å². The molecule has 1 heterocycles. The van der Waals surface area contributed by atoms with Crippen molar-refractivity contribution >= 4 is 33.2 Å². The summed E-state index contributed by atoms with van der Waals surface area (Å²) >= 11 is 0. The van der Waals surface area contributed by atoms with Crippen LogP contribution in [0.15, 0.2) is 78.9 Å². The second-order valence-corrected chi connectivity index (χ2v) is 10.7. The molecule has 1 unspecified atom stereocenters. The number of benzene rings is 3. The maximum Gasteiger partial charge on any atom is 0.262 e. The third-order valence-corrected chi connectivity index (χ3v) is 7.90. The number of rotatable bonds is 8. The molecule has 0 aromatic heterocycles. The predicted octanol–water partition coefficient (Wildman–Crippen LogP) is 3.24. The molecular weight excluding hydrogens is 478 g/mol. The quantitative estimate of drug-likeness (QED) is 0.505.